The number of hydrogen-bond donors (Lipinski definition) is 2. The molecule has 1 aliphatic rings. The van der Waals surface area contributed by atoms with Gasteiger partial charge < -0.3 is 15.4 Å². The minimum absolute atomic E-state index is 0.0326. The van der Waals surface area contributed by atoms with Gasteiger partial charge in [-0.1, -0.05) is 39.5 Å². The largest absolute Gasteiger partial charge is 0.450 e. The summed E-state index contributed by atoms with van der Waals surface area (Å²) in [6, 6.07) is -0.285. The van der Waals surface area contributed by atoms with E-state index in [4.69, 9.17) is 4.74 Å². The highest BCUT2D eigenvalue weighted by Crippen LogP contribution is 2.17. The third kappa shape index (κ3) is 5.80. The highest BCUT2D eigenvalue weighted by molar-refractivity contribution is 5.86. The topological polar surface area (TPSA) is 67.4 Å². The lowest BCUT2D eigenvalue weighted by Gasteiger charge is -2.24. The molecule has 2 amide bonds. The van der Waals surface area contributed by atoms with E-state index in [1.54, 1.807) is 6.92 Å². The minimum Gasteiger partial charge on any atom is -0.450 e. The molecule has 1 saturated carbocycles. The highest BCUT2D eigenvalue weighted by atomic mass is 16.5. The first-order valence-corrected chi connectivity index (χ1v) is 7.78. The fraction of sp³-hybridized carbons (Fsp3) is 0.867. The van der Waals surface area contributed by atoms with Gasteiger partial charge in [-0.15, -0.1) is 0 Å². The molecule has 1 aliphatic carbocycles. The maximum absolute atomic E-state index is 12.3. The van der Waals surface area contributed by atoms with Crippen molar-refractivity contribution in [2.75, 3.05) is 6.61 Å². The molecule has 1 fully saturated rings. The molecule has 1 atom stereocenters. The molecule has 0 aromatic heterocycles. The molecule has 2 N–H and O–H groups in total. The first-order chi connectivity index (χ1) is 9.54. The Balaban J connectivity index is 2.52. The molecule has 0 aromatic carbocycles. The van der Waals surface area contributed by atoms with E-state index in [1.165, 1.54) is 25.7 Å². The molecular formula is C15H28N2O3. The van der Waals surface area contributed by atoms with Crippen LogP contribution in [0.1, 0.15) is 59.3 Å². The Morgan fingerprint density at radius 2 is 1.75 bits per heavy atom. The summed E-state index contributed by atoms with van der Waals surface area (Å²) in [5.74, 6) is -0.0647. The fourth-order valence-electron chi connectivity index (χ4n) is 2.55. The van der Waals surface area contributed by atoms with Crippen LogP contribution in [0, 0.1) is 5.92 Å². The summed E-state index contributed by atoms with van der Waals surface area (Å²) >= 11 is 0. The number of rotatable bonds is 5. The van der Waals surface area contributed by atoms with Crippen LogP contribution in [-0.2, 0) is 9.53 Å². The van der Waals surface area contributed by atoms with E-state index in [0.717, 1.165) is 12.8 Å². The van der Waals surface area contributed by atoms with Crippen molar-refractivity contribution in [1.82, 2.24) is 10.6 Å². The van der Waals surface area contributed by atoms with Crippen LogP contribution in [0.5, 0.6) is 0 Å². The number of ether oxygens (including phenoxy) is 1. The van der Waals surface area contributed by atoms with Crippen molar-refractivity contribution >= 4 is 12.0 Å². The quantitative estimate of drug-likeness (QED) is 0.763. The predicted molar refractivity (Wildman–Crippen MR) is 78.4 cm³/mol. The second-order valence-corrected chi connectivity index (χ2v) is 5.78. The Kier molecular flexibility index (Phi) is 7.41. The lowest BCUT2D eigenvalue weighted by Crippen LogP contribution is -2.52. The lowest BCUT2D eigenvalue weighted by atomic mass is 10.0. The second-order valence-electron chi connectivity index (χ2n) is 5.78. The Labute approximate surface area is 121 Å². The van der Waals surface area contributed by atoms with E-state index in [1.807, 2.05) is 13.8 Å². The van der Waals surface area contributed by atoms with Gasteiger partial charge in [-0.2, -0.15) is 0 Å². The molecule has 1 rings (SSSR count). The number of alkyl carbamates (subject to hydrolysis) is 1. The zero-order chi connectivity index (χ0) is 15.0. The van der Waals surface area contributed by atoms with Crippen LogP contribution in [-0.4, -0.2) is 30.7 Å². The zero-order valence-electron chi connectivity index (χ0n) is 12.9. The summed E-state index contributed by atoms with van der Waals surface area (Å²) in [6.45, 7) is 5.89. The van der Waals surface area contributed by atoms with E-state index in [-0.39, 0.29) is 17.9 Å². The number of nitrogens with one attached hydrogen (secondary N) is 2. The van der Waals surface area contributed by atoms with Crippen molar-refractivity contribution in [3.8, 4) is 0 Å². The first-order valence-electron chi connectivity index (χ1n) is 7.78. The van der Waals surface area contributed by atoms with Crippen LogP contribution in [0.4, 0.5) is 4.79 Å². The molecule has 0 spiro atoms. The second kappa shape index (κ2) is 8.82. The average Bonchev–Trinajstić information content (AvgIpc) is 2.64. The first kappa shape index (κ1) is 16.8. The number of carbonyl (C=O) groups excluding carboxylic acids is 2. The normalized spacial score (nSPS) is 18.2. The Bertz CT molecular complexity index is 310. The molecule has 0 bridgehead atoms. The SMILES string of the molecule is CCOC(=O)NC(C(=O)NC1CCCCCC1)C(C)C. The molecule has 0 heterocycles. The smallest absolute Gasteiger partial charge is 0.407 e. The zero-order valence-corrected chi connectivity index (χ0v) is 12.9. The monoisotopic (exact) mass is 284 g/mol. The standard InChI is InChI=1S/C15H28N2O3/c1-4-20-15(19)17-13(11(2)3)14(18)16-12-9-7-5-6-8-10-12/h11-13H,4-10H2,1-3H3,(H,16,18)(H,17,19). The van der Waals surface area contributed by atoms with Gasteiger partial charge in [0.25, 0.3) is 0 Å². The van der Waals surface area contributed by atoms with E-state index < -0.39 is 12.1 Å². The molecule has 0 saturated heterocycles. The summed E-state index contributed by atoms with van der Waals surface area (Å²) in [6.07, 6.45) is 6.39. The molecule has 0 radical (unpaired) electrons. The van der Waals surface area contributed by atoms with E-state index in [0.29, 0.717) is 6.61 Å². The highest BCUT2D eigenvalue weighted by Gasteiger charge is 2.26. The van der Waals surface area contributed by atoms with Gasteiger partial charge >= 0.3 is 6.09 Å². The van der Waals surface area contributed by atoms with Gasteiger partial charge in [0.1, 0.15) is 6.04 Å². The van der Waals surface area contributed by atoms with Crippen LogP contribution in [0.2, 0.25) is 0 Å². The Hall–Kier alpha value is -1.26. The Morgan fingerprint density at radius 3 is 2.25 bits per heavy atom. The average molecular weight is 284 g/mol. The van der Waals surface area contributed by atoms with E-state index >= 15 is 0 Å². The fourth-order valence-corrected chi connectivity index (χ4v) is 2.55. The summed E-state index contributed by atoms with van der Waals surface area (Å²) in [5.41, 5.74) is 0. The van der Waals surface area contributed by atoms with Crippen molar-refractivity contribution in [1.29, 1.82) is 0 Å². The lowest BCUT2D eigenvalue weighted by molar-refractivity contribution is -0.124. The van der Waals surface area contributed by atoms with Crippen LogP contribution >= 0.6 is 0 Å². The molecule has 0 aromatic rings. The third-order valence-corrected chi connectivity index (χ3v) is 3.70. The van der Waals surface area contributed by atoms with Gasteiger partial charge in [-0.05, 0) is 25.7 Å². The van der Waals surface area contributed by atoms with Gasteiger partial charge in [-0.25, -0.2) is 4.79 Å². The van der Waals surface area contributed by atoms with E-state index in [2.05, 4.69) is 10.6 Å². The minimum atomic E-state index is -0.530. The van der Waals surface area contributed by atoms with E-state index in [9.17, 15) is 9.59 Å². The molecule has 20 heavy (non-hydrogen) atoms. The summed E-state index contributed by atoms with van der Waals surface area (Å²) in [5, 5.41) is 5.73. The van der Waals surface area contributed by atoms with Crippen molar-refractivity contribution in [3.05, 3.63) is 0 Å². The molecule has 116 valence electrons. The maximum atomic E-state index is 12.3. The Morgan fingerprint density at radius 1 is 1.15 bits per heavy atom. The summed E-state index contributed by atoms with van der Waals surface area (Å²) in [7, 11) is 0. The van der Waals surface area contributed by atoms with Crippen molar-refractivity contribution in [3.63, 3.8) is 0 Å². The van der Waals surface area contributed by atoms with Gasteiger partial charge in [0.15, 0.2) is 0 Å². The van der Waals surface area contributed by atoms with Gasteiger partial charge in [0, 0.05) is 6.04 Å². The van der Waals surface area contributed by atoms with Crippen LogP contribution < -0.4 is 10.6 Å². The van der Waals surface area contributed by atoms with Gasteiger partial charge in [-0.3, -0.25) is 4.79 Å². The molecule has 5 heteroatoms. The van der Waals surface area contributed by atoms with Gasteiger partial charge in [0.2, 0.25) is 5.91 Å². The van der Waals surface area contributed by atoms with Crippen molar-refractivity contribution in [2.24, 2.45) is 5.92 Å². The predicted octanol–water partition coefficient (Wildman–Crippen LogP) is 2.60. The molecule has 0 aliphatic heterocycles. The molecule has 1 unspecified atom stereocenters. The third-order valence-electron chi connectivity index (χ3n) is 3.70. The van der Waals surface area contributed by atoms with Crippen molar-refractivity contribution < 1.29 is 14.3 Å². The molecule has 5 nitrogen and oxygen atoms in total. The van der Waals surface area contributed by atoms with Crippen LogP contribution in [0.3, 0.4) is 0 Å². The van der Waals surface area contributed by atoms with Gasteiger partial charge in [0.05, 0.1) is 6.61 Å². The van der Waals surface area contributed by atoms with Crippen molar-refractivity contribution in [2.45, 2.75) is 71.4 Å². The number of amides is 2. The maximum Gasteiger partial charge on any atom is 0.407 e. The number of hydrogen-bond acceptors (Lipinski definition) is 3. The number of carbonyl (C=O) groups is 2. The molecular weight excluding hydrogens is 256 g/mol. The summed E-state index contributed by atoms with van der Waals surface area (Å²) < 4.78 is 4.85. The van der Waals surface area contributed by atoms with Crippen LogP contribution in [0.25, 0.3) is 0 Å². The van der Waals surface area contributed by atoms with Crippen LogP contribution in [0.15, 0.2) is 0 Å². The summed E-state index contributed by atoms with van der Waals surface area (Å²) in [4.78, 5) is 23.8.